The van der Waals surface area contributed by atoms with Crippen LogP contribution in [0.1, 0.15) is 44.6 Å². The van der Waals surface area contributed by atoms with Crippen molar-refractivity contribution < 1.29 is 5.11 Å². The first kappa shape index (κ1) is 13.4. The Labute approximate surface area is 110 Å². The molecule has 3 N–H and O–H groups in total. The minimum Gasteiger partial charge on any atom is -0.508 e. The highest BCUT2D eigenvalue weighted by molar-refractivity contribution is 5.26. The van der Waals surface area contributed by atoms with Crippen LogP contribution < -0.4 is 5.73 Å². The number of hydrogen-bond donors (Lipinski definition) is 2. The lowest BCUT2D eigenvalue weighted by Crippen LogP contribution is -2.37. The largest absolute Gasteiger partial charge is 0.508 e. The predicted octanol–water partition coefficient (Wildman–Crippen LogP) is 3.48. The van der Waals surface area contributed by atoms with Crippen molar-refractivity contribution in [2.24, 2.45) is 17.1 Å². The third-order valence-electron chi connectivity index (χ3n) is 4.57. The maximum absolute atomic E-state index is 9.34. The van der Waals surface area contributed by atoms with E-state index in [0.717, 1.165) is 18.9 Å². The van der Waals surface area contributed by atoms with Crippen molar-refractivity contribution in [2.45, 2.75) is 45.4 Å². The van der Waals surface area contributed by atoms with E-state index in [-0.39, 0.29) is 5.41 Å². The molecule has 0 amide bonds. The summed E-state index contributed by atoms with van der Waals surface area (Å²) in [4.78, 5) is 0. The highest BCUT2D eigenvalue weighted by Crippen LogP contribution is 2.42. The third-order valence-corrected chi connectivity index (χ3v) is 4.57. The van der Waals surface area contributed by atoms with Gasteiger partial charge in [0.15, 0.2) is 0 Å². The zero-order valence-corrected chi connectivity index (χ0v) is 11.4. The molecule has 18 heavy (non-hydrogen) atoms. The third kappa shape index (κ3) is 3.05. The van der Waals surface area contributed by atoms with Crippen LogP contribution >= 0.6 is 0 Å². The second-order valence-electron chi connectivity index (χ2n) is 5.92. The molecule has 0 heterocycles. The first-order chi connectivity index (χ1) is 8.67. The van der Waals surface area contributed by atoms with Crippen molar-refractivity contribution in [2.75, 3.05) is 6.54 Å². The van der Waals surface area contributed by atoms with Crippen LogP contribution in [0.2, 0.25) is 0 Å². The molecule has 0 aromatic heterocycles. The first-order valence-corrected chi connectivity index (χ1v) is 7.15. The van der Waals surface area contributed by atoms with Crippen LogP contribution in [0.15, 0.2) is 24.3 Å². The van der Waals surface area contributed by atoms with Gasteiger partial charge in [-0.3, -0.25) is 0 Å². The van der Waals surface area contributed by atoms with E-state index in [1.165, 1.54) is 37.7 Å². The number of hydrogen-bond acceptors (Lipinski definition) is 2. The molecule has 0 bridgehead atoms. The van der Waals surface area contributed by atoms with E-state index < -0.39 is 0 Å². The van der Waals surface area contributed by atoms with Gasteiger partial charge in [0, 0.05) is 0 Å². The summed E-state index contributed by atoms with van der Waals surface area (Å²) >= 11 is 0. The van der Waals surface area contributed by atoms with Gasteiger partial charge >= 0.3 is 0 Å². The number of rotatable bonds is 4. The quantitative estimate of drug-likeness (QED) is 0.855. The topological polar surface area (TPSA) is 46.2 Å². The highest BCUT2D eigenvalue weighted by atomic mass is 16.3. The van der Waals surface area contributed by atoms with Crippen LogP contribution in [0.4, 0.5) is 0 Å². The molecule has 2 atom stereocenters. The van der Waals surface area contributed by atoms with E-state index in [4.69, 9.17) is 5.73 Å². The normalized spacial score (nSPS) is 28.2. The lowest BCUT2D eigenvalue weighted by molar-refractivity contribution is 0.142. The molecule has 100 valence electrons. The summed E-state index contributed by atoms with van der Waals surface area (Å²) in [6.45, 7) is 3.07. The summed E-state index contributed by atoms with van der Waals surface area (Å²) in [7, 11) is 0. The molecule has 0 spiro atoms. The molecule has 2 heteroatoms. The summed E-state index contributed by atoms with van der Waals surface area (Å²) in [6, 6.07) is 7.62. The molecule has 2 unspecified atom stereocenters. The number of phenolic OH excluding ortho intramolecular Hbond substituents is 1. The van der Waals surface area contributed by atoms with Gasteiger partial charge in [0.05, 0.1) is 0 Å². The molecular formula is C16H25NO. The number of aromatic hydroxyl groups is 1. The first-order valence-electron chi connectivity index (χ1n) is 7.15. The Hall–Kier alpha value is -1.02. The van der Waals surface area contributed by atoms with Crippen LogP contribution in [-0.4, -0.2) is 11.7 Å². The fraction of sp³-hybridized carbons (Fsp3) is 0.625. The molecule has 1 saturated carbocycles. The molecular weight excluding hydrogens is 222 g/mol. The van der Waals surface area contributed by atoms with Gasteiger partial charge in [-0.15, -0.1) is 0 Å². The lowest BCUT2D eigenvalue weighted by Gasteiger charge is -2.40. The van der Waals surface area contributed by atoms with Gasteiger partial charge in [0.25, 0.3) is 0 Å². The van der Waals surface area contributed by atoms with Crippen molar-refractivity contribution in [1.82, 2.24) is 0 Å². The Kier molecular flexibility index (Phi) is 4.28. The minimum atomic E-state index is 0.288. The molecule has 2 rings (SSSR count). The maximum atomic E-state index is 9.34. The van der Waals surface area contributed by atoms with Crippen LogP contribution in [0.3, 0.4) is 0 Å². The summed E-state index contributed by atoms with van der Waals surface area (Å²) in [5, 5.41) is 9.34. The molecule has 1 fully saturated rings. The SMILES string of the molecule is CCC1CCCC(CN)(Cc2ccc(O)cc2)C1. The predicted molar refractivity (Wildman–Crippen MR) is 75.5 cm³/mol. The second-order valence-corrected chi connectivity index (χ2v) is 5.92. The molecule has 1 aliphatic rings. The molecule has 1 aliphatic carbocycles. The van der Waals surface area contributed by atoms with Crippen molar-refractivity contribution in [3.05, 3.63) is 29.8 Å². The zero-order chi connectivity index (χ0) is 13.0. The minimum absolute atomic E-state index is 0.288. The molecule has 1 aromatic rings. The Morgan fingerprint density at radius 2 is 2.06 bits per heavy atom. The van der Waals surface area contributed by atoms with Gasteiger partial charge in [0.1, 0.15) is 5.75 Å². The molecule has 0 radical (unpaired) electrons. The number of phenols is 1. The summed E-state index contributed by atoms with van der Waals surface area (Å²) < 4.78 is 0. The molecule has 2 nitrogen and oxygen atoms in total. The summed E-state index contributed by atoms with van der Waals surface area (Å²) in [6.07, 6.45) is 7.53. The van der Waals surface area contributed by atoms with Crippen LogP contribution in [0.25, 0.3) is 0 Å². The van der Waals surface area contributed by atoms with E-state index in [2.05, 4.69) is 6.92 Å². The van der Waals surface area contributed by atoms with Gasteiger partial charge in [-0.2, -0.15) is 0 Å². The van der Waals surface area contributed by atoms with E-state index in [0.29, 0.717) is 5.75 Å². The van der Waals surface area contributed by atoms with E-state index >= 15 is 0 Å². The summed E-state index contributed by atoms with van der Waals surface area (Å²) in [5.41, 5.74) is 7.67. The van der Waals surface area contributed by atoms with Crippen LogP contribution in [-0.2, 0) is 6.42 Å². The van der Waals surface area contributed by atoms with Crippen molar-refractivity contribution in [3.63, 3.8) is 0 Å². The van der Waals surface area contributed by atoms with Crippen LogP contribution in [0.5, 0.6) is 5.75 Å². The van der Waals surface area contributed by atoms with Crippen LogP contribution in [0, 0.1) is 11.3 Å². The molecule has 0 aliphatic heterocycles. The lowest BCUT2D eigenvalue weighted by atomic mass is 9.66. The Morgan fingerprint density at radius 1 is 1.33 bits per heavy atom. The van der Waals surface area contributed by atoms with E-state index in [1.807, 2.05) is 12.1 Å². The molecule has 0 saturated heterocycles. The highest BCUT2D eigenvalue weighted by Gasteiger charge is 2.34. The average molecular weight is 247 g/mol. The maximum Gasteiger partial charge on any atom is 0.115 e. The van der Waals surface area contributed by atoms with Gasteiger partial charge in [0.2, 0.25) is 0 Å². The van der Waals surface area contributed by atoms with Gasteiger partial charge < -0.3 is 10.8 Å². The average Bonchev–Trinajstić information content (AvgIpc) is 2.42. The van der Waals surface area contributed by atoms with E-state index in [9.17, 15) is 5.11 Å². The second kappa shape index (κ2) is 5.75. The smallest absolute Gasteiger partial charge is 0.115 e. The fourth-order valence-corrected chi connectivity index (χ4v) is 3.40. The Morgan fingerprint density at radius 3 is 2.67 bits per heavy atom. The molecule has 1 aromatic carbocycles. The Bertz CT molecular complexity index is 373. The fourth-order valence-electron chi connectivity index (χ4n) is 3.40. The van der Waals surface area contributed by atoms with Crippen molar-refractivity contribution in [3.8, 4) is 5.75 Å². The van der Waals surface area contributed by atoms with Gasteiger partial charge in [-0.1, -0.05) is 38.3 Å². The van der Waals surface area contributed by atoms with Gasteiger partial charge in [-0.25, -0.2) is 0 Å². The summed E-state index contributed by atoms with van der Waals surface area (Å²) in [5.74, 6) is 1.19. The number of nitrogens with two attached hydrogens (primary N) is 1. The zero-order valence-electron chi connectivity index (χ0n) is 11.4. The standard InChI is InChI=1S/C16H25NO/c1-2-13-4-3-9-16(10-13,12-17)11-14-5-7-15(18)8-6-14/h5-8,13,18H,2-4,9-12,17H2,1H3. The van der Waals surface area contributed by atoms with Crippen molar-refractivity contribution in [1.29, 1.82) is 0 Å². The monoisotopic (exact) mass is 247 g/mol. The number of benzene rings is 1. The Balaban J connectivity index is 2.09. The van der Waals surface area contributed by atoms with E-state index in [1.54, 1.807) is 12.1 Å². The van der Waals surface area contributed by atoms with Gasteiger partial charge in [-0.05, 0) is 54.8 Å². The van der Waals surface area contributed by atoms with Crippen molar-refractivity contribution >= 4 is 0 Å².